The van der Waals surface area contributed by atoms with Gasteiger partial charge in [-0.05, 0) is 17.8 Å². The minimum atomic E-state index is -1.32. The van der Waals surface area contributed by atoms with E-state index in [4.69, 9.17) is 9.47 Å². The van der Waals surface area contributed by atoms with Crippen LogP contribution in [0.3, 0.4) is 0 Å². The number of azo groups is 1. The average molecular weight is 501 g/mol. The van der Waals surface area contributed by atoms with E-state index in [-0.39, 0.29) is 5.01 Å². The van der Waals surface area contributed by atoms with E-state index in [9.17, 15) is 9.59 Å². The van der Waals surface area contributed by atoms with E-state index in [0.29, 0.717) is 31.9 Å². The molecule has 0 amide bonds. The van der Waals surface area contributed by atoms with E-state index < -0.39 is 17.9 Å². The molecule has 0 radical (unpaired) electrons. The predicted molar refractivity (Wildman–Crippen MR) is 125 cm³/mol. The second kappa shape index (κ2) is 10.1. The van der Waals surface area contributed by atoms with Crippen molar-refractivity contribution in [3.05, 3.63) is 41.5 Å². The van der Waals surface area contributed by atoms with Crippen LogP contribution < -0.4 is 0 Å². The standard InChI is InChI=1S/C20H16N6O4S3/c1-29-18(27)12(19(28)30-2)16-22-13(10-7-5-4-6-8-10)17(32-16)25-24-15-11-9-21-20(31-3)23-14(11)26-33-15/h4-9,12H,1-3H3. The Hall–Kier alpha value is -3.29. The van der Waals surface area contributed by atoms with E-state index in [1.54, 1.807) is 6.20 Å². The summed E-state index contributed by atoms with van der Waals surface area (Å²) >= 11 is 3.63. The first kappa shape index (κ1) is 22.9. The summed E-state index contributed by atoms with van der Waals surface area (Å²) in [5.41, 5.74) is 1.77. The molecule has 4 aromatic rings. The average Bonchev–Trinajstić information content (AvgIpc) is 3.46. The molecule has 168 valence electrons. The van der Waals surface area contributed by atoms with Gasteiger partial charge in [-0.15, -0.1) is 10.2 Å². The summed E-state index contributed by atoms with van der Waals surface area (Å²) in [6.45, 7) is 0. The summed E-state index contributed by atoms with van der Waals surface area (Å²) in [5.74, 6) is -2.86. The van der Waals surface area contributed by atoms with Crippen LogP contribution in [0.25, 0.3) is 22.3 Å². The van der Waals surface area contributed by atoms with Gasteiger partial charge in [0, 0.05) is 11.8 Å². The second-order valence-electron chi connectivity index (χ2n) is 6.33. The Morgan fingerprint density at radius 2 is 1.73 bits per heavy atom. The lowest BCUT2D eigenvalue weighted by molar-refractivity contribution is -0.154. The zero-order chi connectivity index (χ0) is 23.4. The summed E-state index contributed by atoms with van der Waals surface area (Å²) in [6.07, 6.45) is 3.54. The number of carbonyl (C=O) groups is 2. The Bertz CT molecular complexity index is 1320. The molecular formula is C20H16N6O4S3. The minimum Gasteiger partial charge on any atom is -0.468 e. The van der Waals surface area contributed by atoms with Gasteiger partial charge >= 0.3 is 11.9 Å². The first-order valence-corrected chi connectivity index (χ1v) is 12.2. The minimum absolute atomic E-state index is 0.198. The molecule has 33 heavy (non-hydrogen) atoms. The fraction of sp³-hybridized carbons (Fsp3) is 0.200. The number of thioether (sulfide) groups is 1. The van der Waals surface area contributed by atoms with Crippen LogP contribution in [0.2, 0.25) is 0 Å². The van der Waals surface area contributed by atoms with E-state index in [2.05, 4.69) is 29.6 Å². The zero-order valence-corrected chi connectivity index (χ0v) is 20.0. The van der Waals surface area contributed by atoms with Crippen LogP contribution in [0.15, 0.2) is 51.9 Å². The number of rotatable bonds is 7. The molecule has 0 aliphatic carbocycles. The number of thiazole rings is 1. The Labute approximate surface area is 200 Å². The molecule has 13 heteroatoms. The number of carbonyl (C=O) groups excluding carboxylic acids is 2. The van der Waals surface area contributed by atoms with Crippen LogP contribution in [0.4, 0.5) is 10.0 Å². The molecule has 0 unspecified atom stereocenters. The molecule has 3 heterocycles. The summed E-state index contributed by atoms with van der Waals surface area (Å²) < 4.78 is 13.9. The summed E-state index contributed by atoms with van der Waals surface area (Å²) in [4.78, 5) is 37.7. The van der Waals surface area contributed by atoms with E-state index >= 15 is 0 Å². The summed E-state index contributed by atoms with van der Waals surface area (Å²) in [5, 5.41) is 11.2. The molecule has 0 bridgehead atoms. The molecule has 10 nitrogen and oxygen atoms in total. The van der Waals surface area contributed by atoms with Gasteiger partial charge in [0.25, 0.3) is 0 Å². The van der Waals surface area contributed by atoms with Gasteiger partial charge in [0.2, 0.25) is 5.92 Å². The summed E-state index contributed by atoms with van der Waals surface area (Å²) in [6, 6.07) is 9.28. The molecule has 4 rings (SSSR count). The maximum atomic E-state index is 12.3. The molecule has 1 aromatic carbocycles. The molecular weight excluding hydrogens is 484 g/mol. The molecule has 0 fully saturated rings. The lowest BCUT2D eigenvalue weighted by Crippen LogP contribution is -2.24. The summed E-state index contributed by atoms with van der Waals surface area (Å²) in [7, 11) is 2.40. The highest BCUT2D eigenvalue weighted by Gasteiger charge is 2.35. The third-order valence-corrected chi connectivity index (χ3v) is 6.71. The van der Waals surface area contributed by atoms with Crippen LogP contribution in [0, 0.1) is 0 Å². The van der Waals surface area contributed by atoms with Crippen LogP contribution in [-0.4, -0.2) is 51.7 Å². The van der Waals surface area contributed by atoms with Gasteiger partial charge in [-0.25, -0.2) is 15.0 Å². The van der Waals surface area contributed by atoms with Crippen molar-refractivity contribution in [3.63, 3.8) is 0 Å². The Morgan fingerprint density at radius 3 is 2.39 bits per heavy atom. The van der Waals surface area contributed by atoms with E-state index in [1.165, 1.54) is 26.0 Å². The highest BCUT2D eigenvalue weighted by molar-refractivity contribution is 7.98. The molecule has 0 aliphatic heterocycles. The SMILES string of the molecule is COC(=O)C(C(=O)OC)c1nc(-c2ccccc2)c(N=Nc2snc3nc(SC)ncc23)s1. The molecule has 0 N–H and O–H groups in total. The van der Waals surface area contributed by atoms with Crippen molar-refractivity contribution in [1.82, 2.24) is 19.3 Å². The highest BCUT2D eigenvalue weighted by atomic mass is 32.2. The quantitative estimate of drug-likeness (QED) is 0.116. The predicted octanol–water partition coefficient (Wildman–Crippen LogP) is 4.78. The maximum absolute atomic E-state index is 12.3. The van der Waals surface area contributed by atoms with Crippen LogP contribution in [-0.2, 0) is 19.1 Å². The van der Waals surface area contributed by atoms with Crippen molar-refractivity contribution >= 4 is 67.6 Å². The number of methoxy groups -OCH3 is 2. The molecule has 0 aliphatic rings. The van der Waals surface area contributed by atoms with Gasteiger partial charge in [0.05, 0.1) is 19.6 Å². The molecule has 3 aromatic heterocycles. The first-order valence-electron chi connectivity index (χ1n) is 9.35. The number of ether oxygens (including phenoxy) is 2. The number of aromatic nitrogens is 4. The lowest BCUT2D eigenvalue weighted by Gasteiger charge is -2.08. The van der Waals surface area contributed by atoms with E-state index in [1.807, 2.05) is 36.6 Å². The topological polar surface area (TPSA) is 129 Å². The van der Waals surface area contributed by atoms with Gasteiger partial charge in [-0.2, -0.15) is 4.37 Å². The largest absolute Gasteiger partial charge is 0.468 e. The van der Waals surface area contributed by atoms with E-state index in [0.717, 1.165) is 28.4 Å². The Kier molecular flexibility index (Phi) is 7.01. The van der Waals surface area contributed by atoms with Crippen molar-refractivity contribution in [1.29, 1.82) is 0 Å². The Morgan fingerprint density at radius 1 is 1.03 bits per heavy atom. The molecule has 0 saturated heterocycles. The number of hydrogen-bond acceptors (Lipinski definition) is 13. The van der Waals surface area contributed by atoms with Crippen LogP contribution in [0.1, 0.15) is 10.9 Å². The smallest absolute Gasteiger partial charge is 0.327 e. The van der Waals surface area contributed by atoms with Crippen molar-refractivity contribution in [2.24, 2.45) is 10.2 Å². The number of hydrogen-bond donors (Lipinski definition) is 0. The van der Waals surface area contributed by atoms with Gasteiger partial charge in [0.1, 0.15) is 10.7 Å². The van der Waals surface area contributed by atoms with Gasteiger partial charge < -0.3 is 9.47 Å². The fourth-order valence-corrected chi connectivity index (χ4v) is 4.77. The lowest BCUT2D eigenvalue weighted by atomic mass is 10.1. The second-order valence-corrected chi connectivity index (χ2v) is 8.87. The van der Waals surface area contributed by atoms with Crippen LogP contribution >= 0.6 is 34.6 Å². The number of nitrogens with zero attached hydrogens (tertiary/aromatic N) is 6. The molecule has 0 spiro atoms. The highest BCUT2D eigenvalue weighted by Crippen LogP contribution is 2.41. The van der Waals surface area contributed by atoms with Crippen molar-refractivity contribution in [2.75, 3.05) is 20.5 Å². The van der Waals surface area contributed by atoms with Gasteiger partial charge in [-0.1, -0.05) is 53.4 Å². The number of fused-ring (bicyclic) bond motifs is 1. The van der Waals surface area contributed by atoms with Crippen molar-refractivity contribution in [3.8, 4) is 11.3 Å². The first-order chi connectivity index (χ1) is 16.0. The third kappa shape index (κ3) is 4.74. The van der Waals surface area contributed by atoms with Crippen molar-refractivity contribution in [2.45, 2.75) is 11.1 Å². The molecule has 0 atom stereocenters. The van der Waals surface area contributed by atoms with Gasteiger partial charge in [-0.3, -0.25) is 9.59 Å². The third-order valence-electron chi connectivity index (χ3n) is 4.40. The van der Waals surface area contributed by atoms with Crippen molar-refractivity contribution < 1.29 is 19.1 Å². The zero-order valence-electron chi connectivity index (χ0n) is 17.6. The normalized spacial score (nSPS) is 11.4. The van der Waals surface area contributed by atoms with Crippen LogP contribution in [0.5, 0.6) is 0 Å². The monoisotopic (exact) mass is 500 g/mol. The maximum Gasteiger partial charge on any atom is 0.327 e. The number of benzene rings is 1. The Balaban J connectivity index is 1.78. The molecule has 0 saturated carbocycles. The van der Waals surface area contributed by atoms with Gasteiger partial charge in [0.15, 0.2) is 20.8 Å². The fourth-order valence-electron chi connectivity index (χ4n) is 2.81. The number of esters is 2.